The summed E-state index contributed by atoms with van der Waals surface area (Å²) in [5.74, 6) is -0.501. The van der Waals surface area contributed by atoms with Crippen LogP contribution in [0.4, 0.5) is 0 Å². The Hall–Kier alpha value is -0.820. The van der Waals surface area contributed by atoms with Crippen molar-refractivity contribution in [1.29, 1.82) is 0 Å². The average molecular weight is 518 g/mol. The minimum atomic E-state index is -2.20. The number of aliphatic hydroxyl groups is 2. The lowest BCUT2D eigenvalue weighted by atomic mass is 10.2. The largest absolute Gasteiger partial charge is 0.396 e. The lowest BCUT2D eigenvalue weighted by Gasteiger charge is -2.23. The van der Waals surface area contributed by atoms with E-state index in [0.29, 0.717) is 45.3 Å². The van der Waals surface area contributed by atoms with E-state index < -0.39 is 23.1 Å². The van der Waals surface area contributed by atoms with Crippen LogP contribution in [0.2, 0.25) is 0 Å². The van der Waals surface area contributed by atoms with Crippen LogP contribution >= 0.6 is 17.2 Å². The molecule has 1 saturated heterocycles. The van der Waals surface area contributed by atoms with E-state index in [9.17, 15) is 14.5 Å². The van der Waals surface area contributed by atoms with Crippen molar-refractivity contribution in [2.24, 2.45) is 0 Å². The number of hydrogen-bond acceptors (Lipinski definition) is 12. The fraction of sp³-hybridized carbons (Fsp3) is 0.778. The zero-order valence-corrected chi connectivity index (χ0v) is 20.5. The first kappa shape index (κ1) is 32.2. The normalized spacial score (nSPS) is 18.8. The molecule has 0 bridgehead atoms. The molecule has 1 aliphatic rings. The van der Waals surface area contributed by atoms with Crippen molar-refractivity contribution in [1.82, 2.24) is 10.2 Å². The van der Waals surface area contributed by atoms with Gasteiger partial charge in [0.05, 0.1) is 25.9 Å². The standard InChI is InChI=1S/C14H25N2O7P.C4H11O4P/c1-16(7-6-13(19)15-11-18)14-5-4-12(23-14)10-22-24(20)21-9-3-2-8-17;5-3-1-2-4-8-9(6)7/h6-7,11-12,14,17,20H,2-5,8-10H2,1H3,(H,15,18,19);5-7H,1-4H2/b7-6-;. The number of imide groups is 1. The number of carbonyl (C=O) groups is 2. The van der Waals surface area contributed by atoms with E-state index in [1.807, 2.05) is 5.32 Å². The first-order valence-electron chi connectivity index (χ1n) is 10.4. The van der Waals surface area contributed by atoms with Gasteiger partial charge in [-0.3, -0.25) is 14.9 Å². The predicted molar refractivity (Wildman–Crippen MR) is 120 cm³/mol. The van der Waals surface area contributed by atoms with Crippen molar-refractivity contribution < 1.29 is 52.8 Å². The minimum absolute atomic E-state index is 0.101. The Morgan fingerprint density at radius 2 is 1.70 bits per heavy atom. The van der Waals surface area contributed by atoms with Crippen LogP contribution in [0.1, 0.15) is 38.5 Å². The fourth-order valence-electron chi connectivity index (χ4n) is 2.40. The highest BCUT2D eigenvalue weighted by molar-refractivity contribution is 7.40. The third-order valence-electron chi connectivity index (χ3n) is 4.09. The van der Waals surface area contributed by atoms with Gasteiger partial charge in [0.25, 0.3) is 5.91 Å². The first-order chi connectivity index (χ1) is 15.8. The summed E-state index contributed by atoms with van der Waals surface area (Å²) in [6, 6.07) is 0. The summed E-state index contributed by atoms with van der Waals surface area (Å²) in [6.07, 6.45) is 6.86. The van der Waals surface area contributed by atoms with Crippen molar-refractivity contribution in [3.63, 3.8) is 0 Å². The lowest BCUT2D eigenvalue weighted by Crippen LogP contribution is -2.29. The number of amides is 2. The number of ether oxygens (including phenoxy) is 1. The maximum Gasteiger partial charge on any atom is 0.329 e. The highest BCUT2D eigenvalue weighted by atomic mass is 31.2. The summed E-state index contributed by atoms with van der Waals surface area (Å²) < 4.78 is 20.5. The van der Waals surface area contributed by atoms with Crippen molar-refractivity contribution in [2.45, 2.75) is 50.9 Å². The second-order valence-electron chi connectivity index (χ2n) is 6.71. The molecule has 0 saturated carbocycles. The van der Waals surface area contributed by atoms with Gasteiger partial charge in [-0.15, -0.1) is 0 Å². The Bertz CT molecular complexity index is 532. The van der Waals surface area contributed by atoms with E-state index in [1.54, 1.807) is 11.9 Å². The third kappa shape index (κ3) is 19.2. The molecule has 1 fully saturated rings. The Labute approximate surface area is 196 Å². The molecule has 0 spiro atoms. The summed E-state index contributed by atoms with van der Waals surface area (Å²) >= 11 is 0. The van der Waals surface area contributed by atoms with Gasteiger partial charge in [-0.05, 0) is 38.5 Å². The summed E-state index contributed by atoms with van der Waals surface area (Å²) in [4.78, 5) is 49.0. The van der Waals surface area contributed by atoms with Gasteiger partial charge in [-0.2, -0.15) is 0 Å². The van der Waals surface area contributed by atoms with E-state index in [-0.39, 0.29) is 32.2 Å². The second-order valence-corrected chi connectivity index (χ2v) is 8.47. The summed E-state index contributed by atoms with van der Waals surface area (Å²) in [5, 5.41) is 18.9. The van der Waals surface area contributed by atoms with Crippen LogP contribution in [-0.2, 0) is 27.9 Å². The van der Waals surface area contributed by atoms with Gasteiger partial charge in [-0.25, -0.2) is 0 Å². The molecule has 194 valence electrons. The molecule has 0 aliphatic carbocycles. The van der Waals surface area contributed by atoms with Gasteiger partial charge in [0, 0.05) is 32.5 Å². The highest BCUT2D eigenvalue weighted by Gasteiger charge is 2.28. The van der Waals surface area contributed by atoms with Crippen molar-refractivity contribution in [3.05, 3.63) is 12.3 Å². The van der Waals surface area contributed by atoms with Crippen LogP contribution in [0, 0.1) is 0 Å². The summed E-state index contributed by atoms with van der Waals surface area (Å²) in [7, 11) is -2.37. The van der Waals surface area contributed by atoms with Crippen LogP contribution in [-0.4, -0.2) is 94.5 Å². The third-order valence-corrected chi connectivity index (χ3v) is 5.27. The molecule has 1 rings (SSSR count). The number of hydrogen-bond donors (Lipinski definition) is 6. The number of rotatable bonds is 17. The molecule has 1 aliphatic heterocycles. The number of carbonyl (C=O) groups excluding carboxylic acids is 2. The molecule has 15 heteroatoms. The SMILES string of the molecule is CN(/C=C\C(=O)NC=O)C1CCC(COP(O)OCCCCO)O1.OCCCCOP(O)O. The topological polar surface area (TPSA) is 187 Å². The smallest absolute Gasteiger partial charge is 0.329 e. The fourth-order valence-corrected chi connectivity index (χ4v) is 3.34. The van der Waals surface area contributed by atoms with E-state index in [4.69, 9.17) is 33.8 Å². The molecule has 0 aromatic rings. The molecular weight excluding hydrogens is 482 g/mol. The van der Waals surface area contributed by atoms with Crippen molar-refractivity contribution >= 4 is 29.5 Å². The number of unbranched alkanes of at least 4 members (excludes halogenated alkanes) is 2. The van der Waals surface area contributed by atoms with E-state index in [1.165, 1.54) is 12.3 Å². The monoisotopic (exact) mass is 518 g/mol. The number of aliphatic hydroxyl groups excluding tert-OH is 2. The molecule has 0 aromatic heterocycles. The van der Waals surface area contributed by atoms with Crippen LogP contribution in [0.15, 0.2) is 12.3 Å². The quantitative estimate of drug-likeness (QED) is 0.0667. The summed E-state index contributed by atoms with van der Waals surface area (Å²) in [5.41, 5.74) is 0. The van der Waals surface area contributed by atoms with E-state index >= 15 is 0 Å². The molecule has 13 nitrogen and oxygen atoms in total. The van der Waals surface area contributed by atoms with Crippen LogP contribution in [0.25, 0.3) is 0 Å². The van der Waals surface area contributed by atoms with Crippen LogP contribution in [0.3, 0.4) is 0 Å². The van der Waals surface area contributed by atoms with Gasteiger partial charge in [0.2, 0.25) is 6.41 Å². The van der Waals surface area contributed by atoms with Crippen molar-refractivity contribution in [3.8, 4) is 0 Å². The number of nitrogens with one attached hydrogen (secondary N) is 1. The predicted octanol–water partition coefficient (Wildman–Crippen LogP) is 0.221. The first-order valence-corrected chi connectivity index (χ1v) is 12.7. The highest BCUT2D eigenvalue weighted by Crippen LogP contribution is 2.34. The molecule has 1 heterocycles. The van der Waals surface area contributed by atoms with Gasteiger partial charge >= 0.3 is 17.2 Å². The Morgan fingerprint density at radius 1 is 1.06 bits per heavy atom. The number of nitrogens with zero attached hydrogens (tertiary/aromatic N) is 1. The molecule has 33 heavy (non-hydrogen) atoms. The molecule has 6 N–H and O–H groups in total. The Balaban J connectivity index is 0.000000960. The maximum atomic E-state index is 11.2. The van der Waals surface area contributed by atoms with Crippen molar-refractivity contribution in [2.75, 3.05) is 40.1 Å². The molecular formula is C18H36N2O11P2. The van der Waals surface area contributed by atoms with Gasteiger partial charge in [0.15, 0.2) is 0 Å². The Morgan fingerprint density at radius 3 is 2.27 bits per heavy atom. The Kier molecular flexibility index (Phi) is 21.2. The molecule has 2 amide bonds. The molecule has 3 unspecified atom stereocenters. The second kappa shape index (κ2) is 21.7. The van der Waals surface area contributed by atoms with Crippen LogP contribution < -0.4 is 5.32 Å². The molecule has 0 radical (unpaired) electrons. The minimum Gasteiger partial charge on any atom is -0.396 e. The van der Waals surface area contributed by atoms with E-state index in [2.05, 4.69) is 4.52 Å². The zero-order chi connectivity index (χ0) is 24.9. The van der Waals surface area contributed by atoms with E-state index in [0.717, 1.165) is 12.8 Å². The molecule has 3 atom stereocenters. The van der Waals surface area contributed by atoms with Gasteiger partial charge in [0.1, 0.15) is 6.23 Å². The van der Waals surface area contributed by atoms with Gasteiger partial charge in [-0.1, -0.05) is 0 Å². The van der Waals surface area contributed by atoms with Crippen LogP contribution in [0.5, 0.6) is 0 Å². The van der Waals surface area contributed by atoms with Gasteiger partial charge < -0.3 is 48.1 Å². The maximum absolute atomic E-state index is 11.2. The molecule has 0 aromatic carbocycles. The zero-order valence-electron chi connectivity index (χ0n) is 18.7. The average Bonchev–Trinajstić information content (AvgIpc) is 3.26. The summed E-state index contributed by atoms with van der Waals surface area (Å²) in [6.45, 7) is 1.09. The lowest BCUT2D eigenvalue weighted by molar-refractivity contribution is -0.121.